The fourth-order valence-corrected chi connectivity index (χ4v) is 2.95. The van der Waals surface area contributed by atoms with E-state index in [2.05, 4.69) is 0 Å². The summed E-state index contributed by atoms with van der Waals surface area (Å²) in [4.78, 5) is 26.0. The van der Waals surface area contributed by atoms with E-state index in [0.717, 1.165) is 11.1 Å². The lowest BCUT2D eigenvalue weighted by molar-refractivity contribution is -0.605. The highest BCUT2D eigenvalue weighted by Gasteiger charge is 2.24. The topological polar surface area (TPSA) is 92.0 Å². The Kier molecular flexibility index (Phi) is 5.44. The molecule has 2 heterocycles. The minimum Gasteiger partial charge on any atom is -0.619 e. The zero-order valence-corrected chi connectivity index (χ0v) is 15.1. The summed E-state index contributed by atoms with van der Waals surface area (Å²) in [5.41, 5.74) is 2.29. The number of carbonyl (C=O) groups is 2. The molecule has 0 radical (unpaired) electrons. The number of fused-ring (bicyclic) bond motifs is 1. The third-order valence-electron chi connectivity index (χ3n) is 4.44. The highest BCUT2D eigenvalue weighted by molar-refractivity contribution is 5.91. The van der Waals surface area contributed by atoms with E-state index in [9.17, 15) is 14.8 Å². The second-order valence-electron chi connectivity index (χ2n) is 6.06. The minimum atomic E-state index is -0.646. The molecular formula is C19H20N2O6. The van der Waals surface area contributed by atoms with E-state index in [1.54, 1.807) is 19.1 Å². The Labute approximate surface area is 156 Å². The van der Waals surface area contributed by atoms with Gasteiger partial charge in [-0.05, 0) is 29.7 Å². The summed E-state index contributed by atoms with van der Waals surface area (Å²) in [6.07, 6.45) is 3.07. The van der Waals surface area contributed by atoms with Crippen LogP contribution in [0.1, 0.15) is 21.5 Å². The lowest BCUT2D eigenvalue weighted by atomic mass is 9.99. The SMILES string of the molecule is COc1cc2c(cc1OC)CN(C(=O)COC(=O)c1cc[n+]([O-])cc1)CC2. The molecule has 0 saturated carbocycles. The number of nitrogens with zero attached hydrogens (tertiary/aromatic N) is 2. The van der Waals surface area contributed by atoms with Gasteiger partial charge in [0.25, 0.3) is 5.91 Å². The van der Waals surface area contributed by atoms with Gasteiger partial charge in [-0.25, -0.2) is 4.79 Å². The first-order chi connectivity index (χ1) is 13.0. The van der Waals surface area contributed by atoms with Gasteiger partial charge in [-0.2, -0.15) is 4.73 Å². The third-order valence-corrected chi connectivity index (χ3v) is 4.44. The zero-order chi connectivity index (χ0) is 19.4. The number of ether oxygens (including phenoxy) is 3. The molecular weight excluding hydrogens is 352 g/mol. The van der Waals surface area contributed by atoms with E-state index in [0.29, 0.717) is 35.7 Å². The first-order valence-corrected chi connectivity index (χ1v) is 8.39. The van der Waals surface area contributed by atoms with Gasteiger partial charge in [-0.3, -0.25) is 4.79 Å². The molecule has 0 N–H and O–H groups in total. The van der Waals surface area contributed by atoms with Gasteiger partial charge in [0.2, 0.25) is 0 Å². The monoisotopic (exact) mass is 372 g/mol. The van der Waals surface area contributed by atoms with Crippen molar-refractivity contribution in [2.75, 3.05) is 27.4 Å². The molecule has 142 valence electrons. The molecule has 0 spiro atoms. The molecule has 1 amide bonds. The summed E-state index contributed by atoms with van der Waals surface area (Å²) in [7, 11) is 3.15. The lowest BCUT2D eigenvalue weighted by Gasteiger charge is -2.29. The minimum absolute atomic E-state index is 0.218. The number of methoxy groups -OCH3 is 2. The highest BCUT2D eigenvalue weighted by atomic mass is 16.5. The van der Waals surface area contributed by atoms with Crippen molar-refractivity contribution in [2.24, 2.45) is 0 Å². The van der Waals surface area contributed by atoms with Gasteiger partial charge in [0.1, 0.15) is 0 Å². The predicted molar refractivity (Wildman–Crippen MR) is 94.4 cm³/mol. The predicted octanol–water partition coefficient (Wildman–Crippen LogP) is 1.08. The second-order valence-corrected chi connectivity index (χ2v) is 6.06. The average molecular weight is 372 g/mol. The van der Waals surface area contributed by atoms with Gasteiger partial charge < -0.3 is 24.3 Å². The molecule has 0 atom stereocenters. The average Bonchev–Trinajstić information content (AvgIpc) is 2.70. The van der Waals surface area contributed by atoms with Crippen molar-refractivity contribution in [3.63, 3.8) is 0 Å². The molecule has 1 aromatic carbocycles. The van der Waals surface area contributed by atoms with Gasteiger partial charge in [-0.15, -0.1) is 0 Å². The van der Waals surface area contributed by atoms with E-state index >= 15 is 0 Å². The van der Waals surface area contributed by atoms with Crippen molar-refractivity contribution in [3.8, 4) is 11.5 Å². The highest BCUT2D eigenvalue weighted by Crippen LogP contribution is 2.33. The van der Waals surface area contributed by atoms with Crippen LogP contribution in [0.5, 0.6) is 11.5 Å². The maximum Gasteiger partial charge on any atom is 0.339 e. The quantitative estimate of drug-likeness (QED) is 0.443. The van der Waals surface area contributed by atoms with Crippen LogP contribution in [0.2, 0.25) is 0 Å². The van der Waals surface area contributed by atoms with E-state index in [4.69, 9.17) is 14.2 Å². The number of aromatic nitrogens is 1. The molecule has 8 heteroatoms. The molecule has 0 saturated heterocycles. The molecule has 1 aliphatic heterocycles. The summed E-state index contributed by atoms with van der Waals surface area (Å²) < 4.78 is 16.3. The first-order valence-electron chi connectivity index (χ1n) is 8.39. The smallest absolute Gasteiger partial charge is 0.339 e. The van der Waals surface area contributed by atoms with Crippen molar-refractivity contribution in [1.29, 1.82) is 0 Å². The van der Waals surface area contributed by atoms with Crippen LogP contribution in [0.3, 0.4) is 0 Å². The van der Waals surface area contributed by atoms with Crippen LogP contribution in [0.4, 0.5) is 0 Å². The summed E-state index contributed by atoms with van der Waals surface area (Å²) in [5, 5.41) is 11.0. The summed E-state index contributed by atoms with van der Waals surface area (Å²) in [6, 6.07) is 6.47. The van der Waals surface area contributed by atoms with Crippen LogP contribution in [0.15, 0.2) is 36.7 Å². The summed E-state index contributed by atoms with van der Waals surface area (Å²) >= 11 is 0. The summed E-state index contributed by atoms with van der Waals surface area (Å²) in [5.74, 6) is 0.343. The number of rotatable bonds is 5. The van der Waals surface area contributed by atoms with Crippen LogP contribution in [0, 0.1) is 5.21 Å². The maximum atomic E-state index is 12.4. The van der Waals surface area contributed by atoms with Crippen LogP contribution >= 0.6 is 0 Å². The molecule has 0 bridgehead atoms. The van der Waals surface area contributed by atoms with Crippen molar-refractivity contribution in [3.05, 3.63) is 58.6 Å². The molecule has 0 unspecified atom stereocenters. The van der Waals surface area contributed by atoms with Gasteiger partial charge >= 0.3 is 5.97 Å². The Balaban J connectivity index is 1.62. The Morgan fingerprint density at radius 2 is 1.74 bits per heavy atom. The maximum absolute atomic E-state index is 12.4. The standard InChI is InChI=1S/C19H20N2O6/c1-25-16-9-14-3-6-20(11-15(14)10-17(16)26-2)18(22)12-27-19(23)13-4-7-21(24)8-5-13/h4-5,7-10H,3,6,11-12H2,1-2H3. The molecule has 2 aromatic rings. The van der Waals surface area contributed by atoms with Crippen LogP contribution in [-0.2, 0) is 22.5 Å². The molecule has 1 aromatic heterocycles. The molecule has 27 heavy (non-hydrogen) atoms. The van der Waals surface area contributed by atoms with Crippen molar-refractivity contribution < 1.29 is 28.5 Å². The van der Waals surface area contributed by atoms with Gasteiger partial charge in [0, 0.05) is 25.2 Å². The Morgan fingerprint density at radius 3 is 2.37 bits per heavy atom. The zero-order valence-electron chi connectivity index (χ0n) is 15.1. The third kappa shape index (κ3) is 4.11. The van der Waals surface area contributed by atoms with Gasteiger partial charge in [0.05, 0.1) is 19.8 Å². The van der Waals surface area contributed by atoms with E-state index < -0.39 is 5.97 Å². The van der Waals surface area contributed by atoms with E-state index in [-0.39, 0.29) is 18.1 Å². The summed E-state index contributed by atoms with van der Waals surface area (Å²) in [6.45, 7) is 0.585. The Hall–Kier alpha value is -3.29. The number of amides is 1. The second kappa shape index (κ2) is 7.94. The van der Waals surface area contributed by atoms with Crippen molar-refractivity contribution in [1.82, 2.24) is 4.90 Å². The number of carbonyl (C=O) groups excluding carboxylic acids is 2. The van der Waals surface area contributed by atoms with Crippen LogP contribution in [0.25, 0.3) is 0 Å². The number of pyridine rings is 1. The van der Waals surface area contributed by atoms with Gasteiger partial charge in [-0.1, -0.05) is 0 Å². The first kappa shape index (κ1) is 18.5. The number of benzene rings is 1. The largest absolute Gasteiger partial charge is 0.619 e. The number of hydrogen-bond acceptors (Lipinski definition) is 6. The number of esters is 1. The lowest BCUT2D eigenvalue weighted by Crippen LogP contribution is -2.38. The van der Waals surface area contributed by atoms with E-state index in [1.807, 2.05) is 12.1 Å². The normalized spacial score (nSPS) is 12.9. The molecule has 0 fully saturated rings. The number of hydrogen-bond donors (Lipinski definition) is 0. The van der Waals surface area contributed by atoms with Crippen LogP contribution < -0.4 is 14.2 Å². The Bertz CT molecular complexity index is 850. The fourth-order valence-electron chi connectivity index (χ4n) is 2.95. The van der Waals surface area contributed by atoms with Crippen molar-refractivity contribution in [2.45, 2.75) is 13.0 Å². The molecule has 8 nitrogen and oxygen atoms in total. The van der Waals surface area contributed by atoms with Crippen LogP contribution in [-0.4, -0.2) is 44.1 Å². The molecule has 1 aliphatic rings. The molecule has 3 rings (SSSR count). The molecule has 0 aliphatic carbocycles. The van der Waals surface area contributed by atoms with Crippen molar-refractivity contribution >= 4 is 11.9 Å². The van der Waals surface area contributed by atoms with E-state index in [1.165, 1.54) is 24.5 Å². The fraction of sp³-hybridized carbons (Fsp3) is 0.316. The van der Waals surface area contributed by atoms with Gasteiger partial charge in [0.15, 0.2) is 30.5 Å². The Morgan fingerprint density at radius 1 is 1.11 bits per heavy atom.